The smallest absolute Gasteiger partial charge is 0.412 e. The number of unbranched alkanes of at least 4 members (excludes halogenated alkanes) is 3. The number of hydrogen-bond acceptors (Lipinski definition) is 22. The molecular weight excluding hydrogens is 1670 g/mol. The first-order chi connectivity index (χ1) is 56.2. The van der Waals surface area contributed by atoms with E-state index in [9.17, 15) is 43.2 Å². The van der Waals surface area contributed by atoms with E-state index in [1.54, 1.807) is 77.5 Å². The fraction of sp³-hybridized carbons (Fsp3) is 0.645. The highest BCUT2D eigenvalue weighted by Crippen LogP contribution is 2.42. The molecule has 2 aliphatic rings. The number of anilines is 2. The van der Waals surface area contributed by atoms with Crippen molar-refractivity contribution in [3.05, 3.63) is 107 Å². The van der Waals surface area contributed by atoms with E-state index in [1.807, 2.05) is 96.1 Å². The third-order valence-corrected chi connectivity index (χ3v) is 32.6. The molecule has 5 amide bonds. The number of hydrogen-bond donors (Lipinski definition) is 5. The lowest BCUT2D eigenvalue weighted by Crippen LogP contribution is -2.54. The summed E-state index contributed by atoms with van der Waals surface area (Å²) < 4.78 is 60.7. The van der Waals surface area contributed by atoms with Gasteiger partial charge in [-0.2, -0.15) is 0 Å². The van der Waals surface area contributed by atoms with E-state index in [4.69, 9.17) is 50.9 Å². The molecule has 6 rings (SSSR count). The maximum absolute atomic E-state index is 13.0. The van der Waals surface area contributed by atoms with Gasteiger partial charge in [-0.3, -0.25) is 43.3 Å². The second-order valence-electron chi connectivity index (χ2n) is 34.1. The Balaban J connectivity index is -0.000000704. The van der Waals surface area contributed by atoms with Crippen LogP contribution in [0.5, 0.6) is 17.2 Å². The largest absolute Gasteiger partial charge is 0.496 e. The molecule has 0 radical (unpaired) electrons. The predicted octanol–water partition coefficient (Wildman–Crippen LogP) is 19.9. The topological polar surface area (TPSA) is 319 Å². The van der Waals surface area contributed by atoms with Crippen LogP contribution < -0.4 is 40.8 Å². The molecule has 0 spiro atoms. The highest BCUT2D eigenvalue weighted by atomic mass is 32.2. The fourth-order valence-corrected chi connectivity index (χ4v) is 29.6. The summed E-state index contributed by atoms with van der Waals surface area (Å²) in [6, 6.07) is 27.8. The molecule has 4 aromatic carbocycles. The highest BCUT2D eigenvalue weighted by Gasteiger charge is 2.37. The number of morpholine rings is 1. The number of ether oxygens (including phenoxy) is 9. The van der Waals surface area contributed by atoms with Crippen LogP contribution in [0.1, 0.15) is 209 Å². The molecule has 0 aromatic heterocycles. The first kappa shape index (κ1) is 123. The van der Waals surface area contributed by atoms with E-state index < -0.39 is 44.9 Å². The zero-order valence-corrected chi connectivity index (χ0v) is 82.4. The standard InChI is InChI=1S/C22H32N2O6.C17H18N2O2.C15H36O4Si2.C14H32O3Si2.C11H12O3S.C10H20N2O2.4CH4/c1-5-16(2)20(26)29-13-10-23-21(27)30-18-8-6-17(7-9-18)19(25)22(3,4)24-11-14-28-15-12-24;1-12(20)18-16-7-3-14(4-8-16)11-15-5-9-17(10-6-15)19-13(2)21;1-9-15(13-16-2,14-17-3)18-11-10-12-21(7,8)19-20(4,5)6;1-9-14(2,3)13(15)16-11-10-12-19(7,8)17-18(4,5)6;1-13-8-3-4-9(14-2)11-10(8)7(12)5-6-15-11;1-9(13)11-7-5-3-4-6-8-12-10(2)14;;;;/h6-9,16H,5,10-15H2,1-4H3,(H,23,27);3-10H,11H2,1-2H3,(H,18,20)(H,19,21);9-14H2,1-8H3;9-12H2,1-8H3;3-4H,5-6H2,1-2H3;3-8H2,1-2H3,(H,11,13)(H,12,14);4*1H4. The van der Waals surface area contributed by atoms with Gasteiger partial charge in [-0.1, -0.05) is 94.5 Å². The van der Waals surface area contributed by atoms with Crippen LogP contribution >= 0.6 is 11.8 Å². The van der Waals surface area contributed by atoms with Gasteiger partial charge in [0, 0.05) is 104 Å². The van der Waals surface area contributed by atoms with Crippen molar-refractivity contribution in [3.8, 4) is 17.2 Å². The Kier molecular flexibility index (Phi) is 63.3. The second-order valence-corrected chi connectivity index (χ2v) is 53.3. The van der Waals surface area contributed by atoms with Gasteiger partial charge >= 0.3 is 18.0 Å². The molecule has 0 bridgehead atoms. The minimum Gasteiger partial charge on any atom is -0.496 e. The number of thioether (sulfide) groups is 1. The number of benzene rings is 4. The Bertz CT molecular complexity index is 3620. The number of fused-ring (bicyclic) bond motifs is 1. The molecule has 5 N–H and O–H groups in total. The molecule has 1 atom stereocenters. The quantitative estimate of drug-likeness (QED) is 0.0119. The molecule has 0 saturated carbocycles. The molecule has 710 valence electrons. The van der Waals surface area contributed by atoms with Crippen molar-refractivity contribution >= 4 is 110 Å². The molecule has 26 nitrogen and oxygen atoms in total. The van der Waals surface area contributed by atoms with Crippen molar-refractivity contribution in [1.82, 2.24) is 20.9 Å². The average Bonchev–Trinajstić information content (AvgIpc) is 0.795. The lowest BCUT2D eigenvalue weighted by atomic mass is 9.91. The van der Waals surface area contributed by atoms with Crippen LogP contribution in [0.4, 0.5) is 16.2 Å². The zero-order valence-electron chi connectivity index (χ0n) is 77.6. The second kappa shape index (κ2) is 63.7. The number of Topliss-reactive ketones (excluding diaryl/α,β-unsaturated/α-hetero) is 2. The number of nitrogens with zero attached hydrogens (tertiary/aromatic N) is 1. The van der Waals surface area contributed by atoms with Crippen LogP contribution in [-0.4, -0.2) is 216 Å². The van der Waals surface area contributed by atoms with Gasteiger partial charge < -0.3 is 77.4 Å². The zero-order chi connectivity index (χ0) is 90.9. The average molecular weight is 1830 g/mol. The Morgan fingerprint density at radius 2 is 1.00 bits per heavy atom. The van der Waals surface area contributed by atoms with Gasteiger partial charge in [0.1, 0.15) is 29.5 Å². The summed E-state index contributed by atoms with van der Waals surface area (Å²) in [4.78, 5) is 106. The number of carbonyl (C=O) groups excluding carboxylic acids is 9. The van der Waals surface area contributed by atoms with Gasteiger partial charge in [-0.15, -0.1) is 11.8 Å². The van der Waals surface area contributed by atoms with E-state index in [2.05, 4.69) is 104 Å². The lowest BCUT2D eigenvalue weighted by molar-refractivity contribution is -0.154. The van der Waals surface area contributed by atoms with Crippen molar-refractivity contribution < 1.29 is 94.0 Å². The Morgan fingerprint density at radius 1 is 0.540 bits per heavy atom. The van der Waals surface area contributed by atoms with E-state index in [-0.39, 0.29) is 107 Å². The molecule has 1 saturated heterocycles. The maximum Gasteiger partial charge on any atom is 0.412 e. The van der Waals surface area contributed by atoms with Crippen molar-refractivity contribution in [3.63, 3.8) is 0 Å². The minimum atomic E-state index is -1.59. The third kappa shape index (κ3) is 53.5. The molecule has 124 heavy (non-hydrogen) atoms. The summed E-state index contributed by atoms with van der Waals surface area (Å²) in [5.74, 6) is 2.06. The van der Waals surface area contributed by atoms with Crippen LogP contribution in [0, 0.1) is 11.3 Å². The highest BCUT2D eigenvalue weighted by molar-refractivity contribution is 7.99. The number of esters is 2. The summed E-state index contributed by atoms with van der Waals surface area (Å²) in [5, 5.41) is 13.5. The summed E-state index contributed by atoms with van der Waals surface area (Å²) in [5.41, 5.74) is 3.84. The Morgan fingerprint density at radius 3 is 1.41 bits per heavy atom. The van der Waals surface area contributed by atoms with Gasteiger partial charge in [0.05, 0.1) is 81.1 Å². The molecule has 2 aliphatic heterocycles. The van der Waals surface area contributed by atoms with E-state index >= 15 is 0 Å². The Hall–Kier alpha value is -7.15. The number of methoxy groups -OCH3 is 4. The Labute approximate surface area is 756 Å². The van der Waals surface area contributed by atoms with Crippen LogP contribution in [0.25, 0.3) is 0 Å². The number of carbonyl (C=O) groups is 9. The minimum absolute atomic E-state index is 0. The lowest BCUT2D eigenvalue weighted by Gasteiger charge is -2.39. The van der Waals surface area contributed by atoms with Gasteiger partial charge in [-0.25, -0.2) is 4.79 Å². The van der Waals surface area contributed by atoms with Crippen LogP contribution in [0.2, 0.25) is 77.6 Å². The van der Waals surface area contributed by atoms with Crippen molar-refractivity contribution in [2.75, 3.05) is 124 Å². The molecular formula is C93H166N6O20SSi4. The van der Waals surface area contributed by atoms with Crippen LogP contribution in [0.15, 0.2) is 89.8 Å². The molecule has 2 heterocycles. The first-order valence-corrected chi connectivity index (χ1v) is 56.1. The van der Waals surface area contributed by atoms with Gasteiger partial charge in [0.25, 0.3) is 0 Å². The number of amides is 5. The normalized spacial score (nSPS) is 12.8. The fourth-order valence-electron chi connectivity index (χ4n) is 12.4. The maximum atomic E-state index is 13.0. The van der Waals surface area contributed by atoms with E-state index in [1.165, 1.54) is 27.7 Å². The van der Waals surface area contributed by atoms with Crippen LogP contribution in [0.3, 0.4) is 0 Å². The van der Waals surface area contributed by atoms with Gasteiger partial charge in [0.15, 0.2) is 44.8 Å². The third-order valence-electron chi connectivity index (χ3n) is 19.0. The van der Waals surface area contributed by atoms with Crippen molar-refractivity contribution in [1.29, 1.82) is 0 Å². The van der Waals surface area contributed by atoms with E-state index in [0.29, 0.717) is 81.6 Å². The summed E-state index contributed by atoms with van der Waals surface area (Å²) in [6.45, 7) is 51.0. The van der Waals surface area contributed by atoms with Gasteiger partial charge in [0.2, 0.25) is 23.6 Å². The summed E-state index contributed by atoms with van der Waals surface area (Å²) >= 11 is 1.65. The molecule has 0 aliphatic carbocycles. The van der Waals surface area contributed by atoms with Gasteiger partial charge in [-0.05, 0) is 228 Å². The molecule has 4 aromatic rings. The van der Waals surface area contributed by atoms with Crippen LogP contribution in [-0.2, 0) is 71.8 Å². The number of rotatable bonds is 42. The van der Waals surface area contributed by atoms with Crippen molar-refractivity contribution in [2.45, 2.75) is 277 Å². The van der Waals surface area contributed by atoms with Crippen molar-refractivity contribution in [2.24, 2.45) is 11.3 Å². The number of ketones is 2. The molecule has 31 heteroatoms. The monoisotopic (exact) mass is 1830 g/mol. The predicted molar refractivity (Wildman–Crippen MR) is 518 cm³/mol. The first-order valence-electron chi connectivity index (χ1n) is 42.1. The molecule has 1 unspecified atom stereocenters. The summed E-state index contributed by atoms with van der Waals surface area (Å²) in [7, 11) is 0.555. The summed E-state index contributed by atoms with van der Waals surface area (Å²) in [6.07, 6.45) is 9.30. The molecule has 1 fully saturated rings. The SMILES string of the molecule is C.C.C.C.CC(=O)NCCCCCCNC(C)=O.CC(=O)Nc1ccc(Cc2ccc(NC(C)=O)cc2)cc1.CCC(C)(C)C(=O)OCCC[Si](C)(C)O[Si](C)(C)C.CCC(C)C(=O)OCCNC(=O)Oc1ccc(C(=O)C(C)(C)N2CCOCC2)cc1.CCC(COC)(COC)OCCC[Si](C)(C)O[Si](C)(C)C.COc1ccc(OC)c2c1SCCC2=O. The number of nitrogens with one attached hydrogen (secondary N) is 5. The van der Waals surface area contributed by atoms with E-state index in [0.717, 1.165) is 128 Å².